The second kappa shape index (κ2) is 15.0. The molecule has 2 aliphatic heterocycles. The highest BCUT2D eigenvalue weighted by Gasteiger charge is 2.44. The van der Waals surface area contributed by atoms with Gasteiger partial charge in [-0.3, -0.25) is 0 Å². The number of aliphatic hydroxyl groups is 1. The molecule has 44 heavy (non-hydrogen) atoms. The summed E-state index contributed by atoms with van der Waals surface area (Å²) >= 11 is 0. The van der Waals surface area contributed by atoms with E-state index in [4.69, 9.17) is 18.9 Å². The van der Waals surface area contributed by atoms with Gasteiger partial charge in [-0.1, -0.05) is 44.2 Å². The summed E-state index contributed by atoms with van der Waals surface area (Å²) in [5.74, 6) is 0.503. The number of carbonyl (C=O) groups excluding carboxylic acids is 1. The summed E-state index contributed by atoms with van der Waals surface area (Å²) in [5, 5.41) is 14.5. The SMILES string of the molecule is COc1ccc(S(=O)(=O)N(CC(O)C(Cc2ccccc2)NC(=O)OC2COC3OCCC23)CC(C)(C)CCN(C)C)cc1. The monoisotopic (exact) mass is 633 g/mol. The molecular weight excluding hydrogens is 586 g/mol. The first-order chi connectivity index (χ1) is 20.9. The van der Waals surface area contributed by atoms with Crippen molar-refractivity contribution in [2.24, 2.45) is 11.3 Å². The zero-order chi connectivity index (χ0) is 31.9. The van der Waals surface area contributed by atoms with Crippen LogP contribution in [0.3, 0.4) is 0 Å². The molecule has 0 saturated carbocycles. The molecule has 4 rings (SSSR count). The van der Waals surface area contributed by atoms with Gasteiger partial charge in [0, 0.05) is 13.1 Å². The van der Waals surface area contributed by atoms with Crippen molar-refractivity contribution in [1.82, 2.24) is 14.5 Å². The number of carbonyl (C=O) groups is 1. The van der Waals surface area contributed by atoms with Gasteiger partial charge in [0.1, 0.15) is 11.9 Å². The second-order valence-electron chi connectivity index (χ2n) is 12.7. The molecule has 2 N–H and O–H groups in total. The number of fused-ring (bicyclic) bond motifs is 1. The van der Waals surface area contributed by atoms with Crippen LogP contribution in [-0.4, -0.2) is 107 Å². The van der Waals surface area contributed by atoms with Gasteiger partial charge in [0.05, 0.1) is 43.3 Å². The van der Waals surface area contributed by atoms with Crippen molar-refractivity contribution >= 4 is 16.1 Å². The normalized spacial score (nSPS) is 21.7. The number of nitrogens with one attached hydrogen (secondary N) is 1. The number of sulfonamides is 1. The number of nitrogens with zero attached hydrogens (tertiary/aromatic N) is 2. The first kappa shape index (κ1) is 34.1. The summed E-state index contributed by atoms with van der Waals surface area (Å²) in [7, 11) is 1.44. The van der Waals surface area contributed by atoms with Gasteiger partial charge >= 0.3 is 6.09 Å². The average Bonchev–Trinajstić information content (AvgIpc) is 3.61. The molecule has 2 aromatic rings. The van der Waals surface area contributed by atoms with E-state index in [9.17, 15) is 18.3 Å². The lowest BCUT2D eigenvalue weighted by Gasteiger charge is -2.35. The molecule has 2 heterocycles. The van der Waals surface area contributed by atoms with Crippen LogP contribution in [0.1, 0.15) is 32.3 Å². The zero-order valence-electron chi connectivity index (χ0n) is 26.3. The maximum atomic E-state index is 14.0. The Hall–Kier alpha value is -2.74. The molecule has 12 heteroatoms. The molecule has 2 fully saturated rings. The van der Waals surface area contributed by atoms with Crippen molar-refractivity contribution in [2.75, 3.05) is 54.1 Å². The first-order valence-electron chi connectivity index (χ1n) is 15.1. The summed E-state index contributed by atoms with van der Waals surface area (Å²) in [6.45, 7) is 5.52. The van der Waals surface area contributed by atoms with E-state index in [0.29, 0.717) is 12.4 Å². The van der Waals surface area contributed by atoms with Crippen LogP contribution in [0.5, 0.6) is 5.75 Å². The fourth-order valence-corrected chi connectivity index (χ4v) is 7.23. The molecule has 2 aliphatic rings. The topological polar surface area (TPSA) is 127 Å². The number of aliphatic hydroxyl groups excluding tert-OH is 1. The van der Waals surface area contributed by atoms with Gasteiger partial charge in [0.15, 0.2) is 6.29 Å². The Morgan fingerprint density at radius 3 is 2.48 bits per heavy atom. The van der Waals surface area contributed by atoms with Gasteiger partial charge in [-0.25, -0.2) is 13.2 Å². The van der Waals surface area contributed by atoms with Gasteiger partial charge in [0.25, 0.3) is 0 Å². The van der Waals surface area contributed by atoms with Crippen LogP contribution in [0.15, 0.2) is 59.5 Å². The van der Waals surface area contributed by atoms with Gasteiger partial charge in [-0.2, -0.15) is 4.31 Å². The predicted octanol–water partition coefficient (Wildman–Crippen LogP) is 3.12. The Labute approximate surface area is 261 Å². The minimum Gasteiger partial charge on any atom is -0.497 e. The third-order valence-electron chi connectivity index (χ3n) is 8.24. The Morgan fingerprint density at radius 1 is 1.11 bits per heavy atom. The third kappa shape index (κ3) is 9.15. The molecular formula is C32H47N3O8S. The largest absolute Gasteiger partial charge is 0.497 e. The van der Waals surface area contributed by atoms with Gasteiger partial charge in [0.2, 0.25) is 10.0 Å². The van der Waals surface area contributed by atoms with Crippen LogP contribution in [0.2, 0.25) is 0 Å². The molecule has 2 saturated heterocycles. The minimum atomic E-state index is -4.03. The molecule has 5 atom stereocenters. The Bertz CT molecular complexity index is 1310. The molecule has 5 unspecified atom stereocenters. The van der Waals surface area contributed by atoms with Crippen LogP contribution in [0.25, 0.3) is 0 Å². The van der Waals surface area contributed by atoms with Gasteiger partial charge < -0.3 is 34.3 Å². The van der Waals surface area contributed by atoms with Crippen molar-refractivity contribution in [3.8, 4) is 5.75 Å². The maximum absolute atomic E-state index is 14.0. The number of methoxy groups -OCH3 is 1. The number of hydrogen-bond donors (Lipinski definition) is 2. The molecule has 0 aliphatic carbocycles. The standard InChI is InChI=1S/C32H47N3O8S/c1-32(2,16-17-34(3)4)22-35(44(38,39)25-13-11-24(40-5)12-14-25)20-28(36)27(19-23-9-7-6-8-10-23)33-31(37)43-29-21-42-30-26(29)15-18-41-30/h6-14,26-30,36H,15-22H2,1-5H3,(H,33,37). The van der Waals surface area contributed by atoms with Gasteiger partial charge in [-0.05, 0) is 75.1 Å². The minimum absolute atomic E-state index is 0.0345. The number of benzene rings is 2. The summed E-state index contributed by atoms with van der Waals surface area (Å²) in [6.07, 6.45) is -1.02. The number of ether oxygens (including phenoxy) is 4. The Balaban J connectivity index is 1.56. The highest BCUT2D eigenvalue weighted by atomic mass is 32.2. The van der Waals surface area contributed by atoms with E-state index in [-0.39, 0.29) is 43.2 Å². The van der Waals surface area contributed by atoms with Crippen molar-refractivity contribution < 1.29 is 37.3 Å². The highest BCUT2D eigenvalue weighted by Crippen LogP contribution is 2.33. The molecule has 0 radical (unpaired) electrons. The maximum Gasteiger partial charge on any atom is 0.407 e. The third-order valence-corrected chi connectivity index (χ3v) is 10.1. The number of hydrogen-bond acceptors (Lipinski definition) is 9. The van der Waals surface area contributed by atoms with E-state index in [1.165, 1.54) is 23.5 Å². The molecule has 0 bridgehead atoms. The fraction of sp³-hybridized carbons (Fsp3) is 0.594. The lowest BCUT2D eigenvalue weighted by atomic mass is 9.89. The van der Waals surface area contributed by atoms with E-state index in [1.807, 2.05) is 58.3 Å². The van der Waals surface area contributed by atoms with E-state index >= 15 is 0 Å². The molecule has 0 aromatic heterocycles. The fourth-order valence-electron chi connectivity index (χ4n) is 5.58. The summed E-state index contributed by atoms with van der Waals surface area (Å²) in [5.41, 5.74) is 0.467. The van der Waals surface area contributed by atoms with E-state index < -0.39 is 39.8 Å². The summed E-state index contributed by atoms with van der Waals surface area (Å²) in [4.78, 5) is 15.3. The number of rotatable bonds is 15. The summed E-state index contributed by atoms with van der Waals surface area (Å²) < 4.78 is 51.5. The Morgan fingerprint density at radius 2 is 1.82 bits per heavy atom. The zero-order valence-corrected chi connectivity index (χ0v) is 27.2. The van der Waals surface area contributed by atoms with E-state index in [0.717, 1.165) is 24.9 Å². The van der Waals surface area contributed by atoms with Crippen LogP contribution in [0, 0.1) is 11.3 Å². The highest BCUT2D eigenvalue weighted by molar-refractivity contribution is 7.89. The smallest absolute Gasteiger partial charge is 0.407 e. The van der Waals surface area contributed by atoms with Crippen molar-refractivity contribution in [3.05, 3.63) is 60.2 Å². The summed E-state index contributed by atoms with van der Waals surface area (Å²) in [6, 6.07) is 14.8. The van der Waals surface area contributed by atoms with E-state index in [1.54, 1.807) is 12.1 Å². The molecule has 0 spiro atoms. The molecule has 11 nitrogen and oxygen atoms in total. The number of alkyl carbamates (subject to hydrolysis) is 1. The van der Waals surface area contributed by atoms with Crippen molar-refractivity contribution in [3.63, 3.8) is 0 Å². The predicted molar refractivity (Wildman–Crippen MR) is 166 cm³/mol. The van der Waals surface area contributed by atoms with E-state index in [2.05, 4.69) is 10.2 Å². The van der Waals surface area contributed by atoms with Crippen LogP contribution < -0.4 is 10.1 Å². The molecule has 244 valence electrons. The van der Waals surface area contributed by atoms with Crippen LogP contribution in [-0.2, 0) is 30.7 Å². The molecule has 1 amide bonds. The first-order valence-corrected chi connectivity index (χ1v) is 16.5. The van der Waals surface area contributed by atoms with Crippen LogP contribution >= 0.6 is 0 Å². The van der Waals surface area contributed by atoms with Crippen molar-refractivity contribution in [1.29, 1.82) is 0 Å². The average molecular weight is 634 g/mol. The second-order valence-corrected chi connectivity index (χ2v) is 14.6. The molecule has 2 aromatic carbocycles. The Kier molecular flexibility index (Phi) is 11.7. The van der Waals surface area contributed by atoms with Crippen LogP contribution in [0.4, 0.5) is 4.79 Å². The lowest BCUT2D eigenvalue weighted by Crippen LogP contribution is -2.52. The quantitative estimate of drug-likeness (QED) is 0.304. The lowest BCUT2D eigenvalue weighted by molar-refractivity contribution is -0.0907. The van der Waals surface area contributed by atoms with Gasteiger partial charge in [-0.15, -0.1) is 0 Å². The number of amides is 1. The van der Waals surface area contributed by atoms with Crippen molar-refractivity contribution in [2.45, 2.75) is 62.5 Å².